The van der Waals surface area contributed by atoms with Crippen LogP contribution in [0.3, 0.4) is 0 Å². The van der Waals surface area contributed by atoms with Crippen molar-refractivity contribution in [1.29, 1.82) is 0 Å². The van der Waals surface area contributed by atoms with Crippen molar-refractivity contribution in [3.05, 3.63) is 83.9 Å². The van der Waals surface area contributed by atoms with Gasteiger partial charge in [0.15, 0.2) is 0 Å². The summed E-state index contributed by atoms with van der Waals surface area (Å²) in [5, 5.41) is 5.15. The number of primary sulfonamides is 1. The van der Waals surface area contributed by atoms with E-state index in [0.717, 1.165) is 14.8 Å². The van der Waals surface area contributed by atoms with Gasteiger partial charge in [-0.15, -0.1) is 0 Å². The van der Waals surface area contributed by atoms with Crippen molar-refractivity contribution in [3.8, 4) is 5.75 Å². The molecule has 0 radical (unpaired) electrons. The zero-order valence-corrected chi connectivity index (χ0v) is 22.4. The van der Waals surface area contributed by atoms with Crippen LogP contribution in [0.1, 0.15) is 17.5 Å². The Balaban J connectivity index is 1.68. The summed E-state index contributed by atoms with van der Waals surface area (Å²) in [7, 11) is -6.64. The van der Waals surface area contributed by atoms with Crippen LogP contribution >= 0.6 is 0 Å². The molecule has 0 spiro atoms. The number of ether oxygens (including phenoxy) is 1. The van der Waals surface area contributed by atoms with E-state index in [-0.39, 0.29) is 29.2 Å². The highest BCUT2D eigenvalue weighted by atomic mass is 32.2. The molecule has 2 amide bonds. The number of carbonyl (C=O) groups excluding carboxylic acids is 2. The fraction of sp³-hybridized carbons (Fsp3) is 0.231. The Kier molecular flexibility index (Phi) is 7.70. The Morgan fingerprint density at radius 1 is 0.895 bits per heavy atom. The molecular weight excluding hydrogens is 530 g/mol. The lowest BCUT2D eigenvalue weighted by molar-refractivity contribution is -0.122. The fourth-order valence-corrected chi connectivity index (χ4v) is 6.32. The molecule has 2 N–H and O–H groups in total. The van der Waals surface area contributed by atoms with Crippen molar-refractivity contribution in [3.63, 3.8) is 0 Å². The van der Waals surface area contributed by atoms with Gasteiger partial charge in [-0.2, -0.15) is 4.31 Å². The lowest BCUT2D eigenvalue weighted by atomic mass is 10.1. The number of aryl methyl sites for hydroxylation is 1. The van der Waals surface area contributed by atoms with E-state index in [4.69, 9.17) is 9.88 Å². The number of hydrogen-bond acceptors (Lipinski definition) is 7. The molecule has 4 rings (SSSR count). The summed E-state index contributed by atoms with van der Waals surface area (Å²) in [6.07, 6.45) is -0.158. The highest BCUT2D eigenvalue weighted by Crippen LogP contribution is 2.30. The van der Waals surface area contributed by atoms with Crippen LogP contribution in [-0.2, 0) is 36.1 Å². The van der Waals surface area contributed by atoms with Crippen LogP contribution < -0.4 is 14.8 Å². The van der Waals surface area contributed by atoms with E-state index < -0.39 is 37.9 Å². The normalized spacial score (nSPS) is 16.3. The van der Waals surface area contributed by atoms with Crippen molar-refractivity contribution in [2.75, 3.05) is 18.6 Å². The lowest BCUT2D eigenvalue weighted by Gasteiger charge is -2.27. The fourth-order valence-electron chi connectivity index (χ4n) is 4.22. The number of rotatable bonds is 9. The first kappa shape index (κ1) is 27.5. The molecule has 1 saturated heterocycles. The quantitative estimate of drug-likeness (QED) is 0.397. The van der Waals surface area contributed by atoms with E-state index in [1.165, 1.54) is 55.6 Å². The van der Waals surface area contributed by atoms with E-state index in [9.17, 15) is 26.4 Å². The van der Waals surface area contributed by atoms with Gasteiger partial charge in [-0.3, -0.25) is 9.59 Å². The summed E-state index contributed by atoms with van der Waals surface area (Å²) in [5.74, 6) is -0.681. The van der Waals surface area contributed by atoms with Gasteiger partial charge in [0.1, 0.15) is 11.8 Å². The molecule has 1 heterocycles. The molecule has 12 heteroatoms. The van der Waals surface area contributed by atoms with Crippen LogP contribution in [0.25, 0.3) is 0 Å². The van der Waals surface area contributed by atoms with E-state index >= 15 is 0 Å². The smallest absolute Gasteiger partial charge is 0.252 e. The predicted molar refractivity (Wildman–Crippen MR) is 140 cm³/mol. The average molecular weight is 558 g/mol. The largest absolute Gasteiger partial charge is 0.497 e. The minimum Gasteiger partial charge on any atom is -0.497 e. The molecule has 38 heavy (non-hydrogen) atoms. The maximum atomic E-state index is 13.8. The number of nitrogens with two attached hydrogens (primary N) is 1. The molecule has 10 nitrogen and oxygen atoms in total. The second-order valence-corrected chi connectivity index (χ2v) is 12.3. The molecule has 1 atom stereocenters. The highest BCUT2D eigenvalue weighted by Gasteiger charge is 2.46. The number of hydrogen-bond donors (Lipinski definition) is 1. The minimum atomic E-state index is -4.22. The summed E-state index contributed by atoms with van der Waals surface area (Å²) in [6, 6.07) is 17.0. The first-order chi connectivity index (χ1) is 17.9. The molecule has 3 aromatic carbocycles. The van der Waals surface area contributed by atoms with Crippen LogP contribution in [0.4, 0.5) is 5.69 Å². The number of methoxy groups -OCH3 is 1. The number of anilines is 1. The van der Waals surface area contributed by atoms with Crippen molar-refractivity contribution in [2.45, 2.75) is 35.6 Å². The van der Waals surface area contributed by atoms with Crippen molar-refractivity contribution in [2.24, 2.45) is 5.14 Å². The first-order valence-corrected chi connectivity index (χ1v) is 14.6. The van der Waals surface area contributed by atoms with Crippen LogP contribution in [-0.4, -0.2) is 52.7 Å². The van der Waals surface area contributed by atoms with Crippen LogP contribution in [0.2, 0.25) is 0 Å². The summed E-state index contributed by atoms with van der Waals surface area (Å²) in [6.45, 7) is 1.74. The maximum absolute atomic E-state index is 13.8. The highest BCUT2D eigenvalue weighted by molar-refractivity contribution is 7.89. The lowest BCUT2D eigenvalue weighted by Crippen LogP contribution is -2.46. The average Bonchev–Trinajstić information content (AvgIpc) is 3.17. The third-order valence-electron chi connectivity index (χ3n) is 6.30. The van der Waals surface area contributed by atoms with E-state index in [0.29, 0.717) is 17.0 Å². The van der Waals surface area contributed by atoms with E-state index in [1.807, 2.05) is 6.92 Å². The Labute approximate surface area is 221 Å². The Morgan fingerprint density at radius 2 is 1.47 bits per heavy atom. The third kappa shape index (κ3) is 5.63. The predicted octanol–water partition coefficient (Wildman–Crippen LogP) is 2.22. The molecular formula is C26H27N3O7S2. The standard InChI is InChI=1S/C26H27N3O7S2/c1-18-3-7-20(8-4-18)29-25(30)17-24(26(29)31)28(38(34,35)23-13-9-21(36-2)10-14-23)16-15-19-5-11-22(12-6-19)37(27,32)33/h3-14,24H,15-17H2,1-2H3,(H2,27,32,33). The Hall–Kier alpha value is -3.58. The van der Waals surface area contributed by atoms with Gasteiger partial charge in [0.25, 0.3) is 5.91 Å². The summed E-state index contributed by atoms with van der Waals surface area (Å²) in [4.78, 5) is 27.3. The van der Waals surface area contributed by atoms with Gasteiger partial charge in [0.2, 0.25) is 26.0 Å². The number of amides is 2. The Morgan fingerprint density at radius 3 is 2.03 bits per heavy atom. The zero-order valence-electron chi connectivity index (χ0n) is 20.8. The van der Waals surface area contributed by atoms with Gasteiger partial charge < -0.3 is 4.74 Å². The zero-order chi connectivity index (χ0) is 27.7. The molecule has 0 aliphatic carbocycles. The van der Waals surface area contributed by atoms with Gasteiger partial charge in [-0.25, -0.2) is 26.9 Å². The molecule has 1 aliphatic rings. The molecule has 1 aliphatic heterocycles. The number of carbonyl (C=O) groups is 2. The van der Waals surface area contributed by atoms with Gasteiger partial charge in [0, 0.05) is 6.54 Å². The molecule has 200 valence electrons. The topological polar surface area (TPSA) is 144 Å². The molecule has 0 bridgehead atoms. The number of benzene rings is 3. The minimum absolute atomic E-state index is 0.0584. The van der Waals surface area contributed by atoms with Gasteiger partial charge in [-0.1, -0.05) is 29.8 Å². The van der Waals surface area contributed by atoms with Crippen molar-refractivity contribution in [1.82, 2.24) is 4.31 Å². The second-order valence-electron chi connectivity index (χ2n) is 8.85. The van der Waals surface area contributed by atoms with E-state index in [2.05, 4.69) is 0 Å². The monoisotopic (exact) mass is 557 g/mol. The summed E-state index contributed by atoms with van der Waals surface area (Å²) >= 11 is 0. The molecule has 1 fully saturated rings. The SMILES string of the molecule is COc1ccc(S(=O)(=O)N(CCc2ccc(S(N)(=O)=O)cc2)C2CC(=O)N(c3ccc(C)cc3)C2=O)cc1. The molecule has 0 saturated carbocycles. The number of sulfonamides is 2. The van der Waals surface area contributed by atoms with Crippen LogP contribution in [0, 0.1) is 6.92 Å². The van der Waals surface area contributed by atoms with Gasteiger partial charge >= 0.3 is 0 Å². The Bertz CT molecular complexity index is 1550. The summed E-state index contributed by atoms with van der Waals surface area (Å²) in [5.41, 5.74) is 1.94. The third-order valence-corrected chi connectivity index (χ3v) is 9.15. The van der Waals surface area contributed by atoms with Crippen molar-refractivity contribution < 1.29 is 31.2 Å². The molecule has 0 aromatic heterocycles. The van der Waals surface area contributed by atoms with E-state index in [1.54, 1.807) is 24.3 Å². The second kappa shape index (κ2) is 10.7. The molecule has 1 unspecified atom stereocenters. The van der Waals surface area contributed by atoms with Crippen LogP contribution in [0.5, 0.6) is 5.75 Å². The van der Waals surface area contributed by atoms with Crippen LogP contribution in [0.15, 0.2) is 82.6 Å². The summed E-state index contributed by atoms with van der Waals surface area (Å²) < 4.78 is 56.8. The van der Waals surface area contributed by atoms with Gasteiger partial charge in [0.05, 0.1) is 29.0 Å². The van der Waals surface area contributed by atoms with Gasteiger partial charge in [-0.05, 0) is 67.4 Å². The van der Waals surface area contributed by atoms with Crippen molar-refractivity contribution >= 4 is 37.5 Å². The molecule has 3 aromatic rings. The maximum Gasteiger partial charge on any atom is 0.252 e. The first-order valence-electron chi connectivity index (χ1n) is 11.6. The number of nitrogens with zero attached hydrogens (tertiary/aromatic N) is 2. The number of imide groups is 1.